The van der Waals surface area contributed by atoms with E-state index in [9.17, 15) is 0 Å². The lowest BCUT2D eigenvalue weighted by atomic mass is 10.1. The highest BCUT2D eigenvalue weighted by molar-refractivity contribution is 5.60. The largest absolute Gasteiger partial charge is 0.496 e. The number of hydrogen-bond acceptors (Lipinski definition) is 3. The minimum atomic E-state index is 0.508. The first-order chi connectivity index (χ1) is 5.92. The summed E-state index contributed by atoms with van der Waals surface area (Å²) >= 11 is 0. The second-order valence-corrected chi connectivity index (χ2v) is 2.49. The van der Waals surface area contributed by atoms with Crippen LogP contribution in [0.15, 0.2) is 18.7 Å². The molecule has 0 spiro atoms. The maximum Gasteiger partial charge on any atom is 0.115 e. The van der Waals surface area contributed by atoms with Crippen LogP contribution in [0.2, 0.25) is 0 Å². The van der Waals surface area contributed by atoms with Gasteiger partial charge >= 0.3 is 0 Å². The SMILES string of the molecule is N#Cc1cncc2c1C=COC2. The Bertz CT molecular complexity index is 377. The van der Waals surface area contributed by atoms with Crippen molar-refractivity contribution >= 4 is 6.08 Å². The minimum Gasteiger partial charge on any atom is -0.496 e. The number of ether oxygens (including phenoxy) is 1. The van der Waals surface area contributed by atoms with Gasteiger partial charge in [0.1, 0.15) is 12.7 Å². The first-order valence-electron chi connectivity index (χ1n) is 3.57. The molecule has 0 N–H and O–H groups in total. The third-order valence-electron chi connectivity index (χ3n) is 1.76. The maximum atomic E-state index is 8.73. The molecule has 2 rings (SSSR count). The average Bonchev–Trinajstić information content (AvgIpc) is 2.17. The zero-order valence-electron chi connectivity index (χ0n) is 6.32. The molecule has 3 heteroatoms. The number of hydrogen-bond donors (Lipinski definition) is 0. The van der Waals surface area contributed by atoms with E-state index in [4.69, 9.17) is 10.00 Å². The van der Waals surface area contributed by atoms with Gasteiger partial charge in [-0.2, -0.15) is 5.26 Å². The highest BCUT2D eigenvalue weighted by Crippen LogP contribution is 2.19. The molecule has 0 unspecified atom stereocenters. The van der Waals surface area contributed by atoms with Gasteiger partial charge in [0.25, 0.3) is 0 Å². The van der Waals surface area contributed by atoms with Gasteiger partial charge in [0, 0.05) is 23.5 Å². The normalized spacial score (nSPS) is 12.9. The summed E-state index contributed by atoms with van der Waals surface area (Å²) in [6.45, 7) is 0.508. The van der Waals surface area contributed by atoms with Crippen LogP contribution in [0.4, 0.5) is 0 Å². The van der Waals surface area contributed by atoms with Gasteiger partial charge < -0.3 is 4.74 Å². The van der Waals surface area contributed by atoms with Crippen LogP contribution >= 0.6 is 0 Å². The van der Waals surface area contributed by atoms with Crippen LogP contribution in [-0.2, 0) is 11.3 Å². The monoisotopic (exact) mass is 158 g/mol. The van der Waals surface area contributed by atoms with E-state index in [-0.39, 0.29) is 0 Å². The Morgan fingerprint density at radius 2 is 2.42 bits per heavy atom. The summed E-state index contributed by atoms with van der Waals surface area (Å²) in [4.78, 5) is 3.93. The van der Waals surface area contributed by atoms with Crippen molar-refractivity contribution in [3.8, 4) is 6.07 Å². The lowest BCUT2D eigenvalue weighted by Crippen LogP contribution is -1.99. The van der Waals surface area contributed by atoms with Crippen LogP contribution in [0.3, 0.4) is 0 Å². The van der Waals surface area contributed by atoms with E-state index in [1.165, 1.54) is 0 Å². The lowest BCUT2D eigenvalue weighted by Gasteiger charge is -2.10. The predicted octanol–water partition coefficient (Wildman–Crippen LogP) is 1.45. The number of aromatic nitrogens is 1. The number of pyridine rings is 1. The van der Waals surface area contributed by atoms with Crippen molar-refractivity contribution < 1.29 is 4.74 Å². The van der Waals surface area contributed by atoms with Crippen molar-refractivity contribution in [1.82, 2.24) is 4.98 Å². The quantitative estimate of drug-likeness (QED) is 0.574. The predicted molar refractivity (Wildman–Crippen MR) is 42.8 cm³/mol. The van der Waals surface area contributed by atoms with Gasteiger partial charge in [-0.3, -0.25) is 4.98 Å². The molecule has 1 aromatic rings. The highest BCUT2D eigenvalue weighted by Gasteiger charge is 2.08. The van der Waals surface area contributed by atoms with Crippen molar-refractivity contribution in [3.63, 3.8) is 0 Å². The summed E-state index contributed by atoms with van der Waals surface area (Å²) in [7, 11) is 0. The van der Waals surface area contributed by atoms with Crippen LogP contribution in [0.25, 0.3) is 6.08 Å². The van der Waals surface area contributed by atoms with Gasteiger partial charge in [0.15, 0.2) is 0 Å². The Labute approximate surface area is 69.9 Å². The van der Waals surface area contributed by atoms with Crippen LogP contribution in [-0.4, -0.2) is 4.98 Å². The molecule has 1 aliphatic rings. The van der Waals surface area contributed by atoms with Crippen molar-refractivity contribution in [2.75, 3.05) is 0 Å². The first-order valence-corrected chi connectivity index (χ1v) is 3.57. The van der Waals surface area contributed by atoms with Crippen LogP contribution in [0, 0.1) is 11.3 Å². The second-order valence-electron chi connectivity index (χ2n) is 2.49. The molecule has 0 fully saturated rings. The molecule has 12 heavy (non-hydrogen) atoms. The van der Waals surface area contributed by atoms with Crippen LogP contribution in [0.5, 0.6) is 0 Å². The van der Waals surface area contributed by atoms with E-state index in [1.807, 2.05) is 0 Å². The number of rotatable bonds is 0. The molecule has 1 aliphatic heterocycles. The van der Waals surface area contributed by atoms with E-state index < -0.39 is 0 Å². The van der Waals surface area contributed by atoms with Gasteiger partial charge in [-0.05, 0) is 6.08 Å². The van der Waals surface area contributed by atoms with Gasteiger partial charge in [-0.25, -0.2) is 0 Å². The smallest absolute Gasteiger partial charge is 0.115 e. The maximum absolute atomic E-state index is 8.73. The van der Waals surface area contributed by atoms with E-state index in [0.29, 0.717) is 12.2 Å². The number of nitriles is 1. The van der Waals surface area contributed by atoms with Crippen LogP contribution < -0.4 is 0 Å². The molecule has 1 aromatic heterocycles. The third kappa shape index (κ3) is 0.940. The summed E-state index contributed by atoms with van der Waals surface area (Å²) < 4.78 is 5.07. The minimum absolute atomic E-state index is 0.508. The Morgan fingerprint density at radius 1 is 1.50 bits per heavy atom. The Balaban J connectivity index is 2.64. The molecule has 0 aromatic carbocycles. The second kappa shape index (κ2) is 2.67. The fraction of sp³-hybridized carbons (Fsp3) is 0.111. The van der Waals surface area contributed by atoms with Crippen molar-refractivity contribution in [2.45, 2.75) is 6.61 Å². The van der Waals surface area contributed by atoms with Gasteiger partial charge in [-0.15, -0.1) is 0 Å². The molecule has 0 aliphatic carbocycles. The van der Waals surface area contributed by atoms with Gasteiger partial charge in [0.2, 0.25) is 0 Å². The molecular formula is C9H6N2O. The average molecular weight is 158 g/mol. The highest BCUT2D eigenvalue weighted by atomic mass is 16.5. The van der Waals surface area contributed by atoms with Crippen molar-refractivity contribution in [3.05, 3.63) is 35.3 Å². The summed E-state index contributed by atoms with van der Waals surface area (Å²) in [6.07, 6.45) is 6.68. The van der Waals surface area contributed by atoms with Gasteiger partial charge in [-0.1, -0.05) is 0 Å². The zero-order valence-corrected chi connectivity index (χ0v) is 6.32. The Hall–Kier alpha value is -1.82. The standard InChI is InChI=1S/C9H6N2O/c10-3-7-4-11-5-8-6-12-2-1-9(7)8/h1-2,4-5H,6H2. The molecule has 58 valence electrons. The fourth-order valence-electron chi connectivity index (χ4n) is 1.17. The Morgan fingerprint density at radius 3 is 3.25 bits per heavy atom. The topological polar surface area (TPSA) is 45.9 Å². The van der Waals surface area contributed by atoms with E-state index in [1.54, 1.807) is 24.7 Å². The molecule has 3 nitrogen and oxygen atoms in total. The fourth-order valence-corrected chi connectivity index (χ4v) is 1.17. The van der Waals surface area contributed by atoms with Crippen molar-refractivity contribution in [1.29, 1.82) is 5.26 Å². The summed E-state index contributed by atoms with van der Waals surface area (Å²) in [6, 6.07) is 2.09. The molecular weight excluding hydrogens is 152 g/mol. The molecule has 2 heterocycles. The first kappa shape index (κ1) is 6.86. The van der Waals surface area contributed by atoms with E-state index >= 15 is 0 Å². The summed E-state index contributed by atoms with van der Waals surface area (Å²) in [5.41, 5.74) is 2.50. The molecule has 0 atom stereocenters. The van der Waals surface area contributed by atoms with Crippen LogP contribution in [0.1, 0.15) is 16.7 Å². The number of fused-ring (bicyclic) bond motifs is 1. The number of nitrogens with zero attached hydrogens (tertiary/aromatic N) is 2. The molecule has 0 radical (unpaired) electrons. The molecule has 0 bridgehead atoms. The molecule has 0 saturated heterocycles. The van der Waals surface area contributed by atoms with E-state index in [0.717, 1.165) is 11.1 Å². The lowest BCUT2D eigenvalue weighted by molar-refractivity contribution is 0.234. The Kier molecular flexibility index (Phi) is 1.52. The molecule has 0 amide bonds. The summed E-state index contributed by atoms with van der Waals surface area (Å²) in [5, 5.41) is 8.73. The summed E-state index contributed by atoms with van der Waals surface area (Å²) in [5.74, 6) is 0. The third-order valence-corrected chi connectivity index (χ3v) is 1.76. The van der Waals surface area contributed by atoms with E-state index in [2.05, 4.69) is 11.1 Å². The molecule has 0 saturated carbocycles. The van der Waals surface area contributed by atoms with Gasteiger partial charge in [0.05, 0.1) is 11.8 Å². The van der Waals surface area contributed by atoms with Crippen molar-refractivity contribution in [2.24, 2.45) is 0 Å². The zero-order chi connectivity index (χ0) is 8.39.